The summed E-state index contributed by atoms with van der Waals surface area (Å²) in [6.45, 7) is 0. The van der Waals surface area contributed by atoms with Gasteiger partial charge in [0.05, 0.1) is 11.9 Å². The molecule has 0 amide bonds. The highest BCUT2D eigenvalue weighted by Crippen LogP contribution is 2.37. The van der Waals surface area contributed by atoms with Crippen LogP contribution in [-0.2, 0) is 0 Å². The highest BCUT2D eigenvalue weighted by molar-refractivity contribution is 9.09. The molecule has 0 spiro atoms. The second-order valence-corrected chi connectivity index (χ2v) is 5.59. The van der Waals surface area contributed by atoms with Crippen LogP contribution in [0.2, 0.25) is 10.0 Å². The van der Waals surface area contributed by atoms with E-state index < -0.39 is 0 Å². The average Bonchev–Trinajstić information content (AvgIpc) is 2.38. The van der Waals surface area contributed by atoms with Gasteiger partial charge in [0.15, 0.2) is 0 Å². The molecule has 18 heavy (non-hydrogen) atoms. The SMILES string of the molecule is COc1cc(Cl)ccc1C(Br)c1ccc(Cl)cc1. The fraction of sp³-hybridized carbons (Fsp3) is 0.143. The summed E-state index contributed by atoms with van der Waals surface area (Å²) in [4.78, 5) is 0.0435. The van der Waals surface area contributed by atoms with Gasteiger partial charge in [-0.3, -0.25) is 0 Å². The zero-order valence-electron chi connectivity index (χ0n) is 9.66. The van der Waals surface area contributed by atoms with E-state index in [1.54, 1.807) is 13.2 Å². The van der Waals surface area contributed by atoms with E-state index in [9.17, 15) is 0 Å². The molecule has 1 nitrogen and oxygen atoms in total. The third-order valence-corrected chi connectivity index (χ3v) is 4.14. The molecule has 2 aromatic carbocycles. The summed E-state index contributed by atoms with van der Waals surface area (Å²) in [6.07, 6.45) is 0. The minimum Gasteiger partial charge on any atom is -0.496 e. The van der Waals surface area contributed by atoms with Crippen molar-refractivity contribution in [3.63, 3.8) is 0 Å². The molecule has 2 rings (SSSR count). The highest BCUT2D eigenvalue weighted by atomic mass is 79.9. The fourth-order valence-corrected chi connectivity index (χ4v) is 2.68. The van der Waals surface area contributed by atoms with Crippen molar-refractivity contribution in [1.82, 2.24) is 0 Å². The van der Waals surface area contributed by atoms with E-state index in [2.05, 4.69) is 15.9 Å². The maximum atomic E-state index is 5.95. The van der Waals surface area contributed by atoms with Crippen molar-refractivity contribution in [2.75, 3.05) is 7.11 Å². The van der Waals surface area contributed by atoms with E-state index in [0.717, 1.165) is 21.9 Å². The van der Waals surface area contributed by atoms with Crippen LogP contribution < -0.4 is 4.74 Å². The number of hydrogen-bond donors (Lipinski definition) is 0. The number of halogens is 3. The number of methoxy groups -OCH3 is 1. The Bertz CT molecular complexity index is 540. The van der Waals surface area contributed by atoms with Crippen molar-refractivity contribution in [2.24, 2.45) is 0 Å². The van der Waals surface area contributed by atoms with Crippen LogP contribution in [0.1, 0.15) is 16.0 Å². The molecule has 0 aliphatic carbocycles. The molecule has 0 aliphatic rings. The van der Waals surface area contributed by atoms with Crippen LogP contribution >= 0.6 is 39.1 Å². The van der Waals surface area contributed by atoms with Crippen molar-refractivity contribution in [3.8, 4) is 5.75 Å². The lowest BCUT2D eigenvalue weighted by atomic mass is 10.0. The van der Waals surface area contributed by atoms with Crippen molar-refractivity contribution in [2.45, 2.75) is 4.83 Å². The standard InChI is InChI=1S/C14H11BrCl2O/c1-18-13-8-11(17)6-7-12(13)14(15)9-2-4-10(16)5-3-9/h2-8,14H,1H3. The molecular weight excluding hydrogens is 335 g/mol. The lowest BCUT2D eigenvalue weighted by molar-refractivity contribution is 0.410. The van der Waals surface area contributed by atoms with E-state index in [4.69, 9.17) is 27.9 Å². The zero-order chi connectivity index (χ0) is 13.1. The third-order valence-electron chi connectivity index (χ3n) is 2.63. The Labute approximate surface area is 125 Å². The minimum absolute atomic E-state index is 0.0435. The minimum atomic E-state index is 0.0435. The van der Waals surface area contributed by atoms with Gasteiger partial charge in [-0.15, -0.1) is 0 Å². The van der Waals surface area contributed by atoms with Gasteiger partial charge in [0.1, 0.15) is 5.75 Å². The number of alkyl halides is 1. The largest absolute Gasteiger partial charge is 0.496 e. The zero-order valence-corrected chi connectivity index (χ0v) is 12.8. The van der Waals surface area contributed by atoms with Gasteiger partial charge in [0.25, 0.3) is 0 Å². The predicted octanol–water partition coefficient (Wildman–Crippen LogP) is 5.49. The van der Waals surface area contributed by atoms with E-state index in [1.807, 2.05) is 36.4 Å². The lowest BCUT2D eigenvalue weighted by Gasteiger charge is -2.15. The van der Waals surface area contributed by atoms with E-state index in [-0.39, 0.29) is 4.83 Å². The summed E-state index contributed by atoms with van der Waals surface area (Å²) in [5.74, 6) is 0.763. The number of benzene rings is 2. The Hall–Kier alpha value is -0.700. The molecule has 94 valence electrons. The van der Waals surface area contributed by atoms with Crippen molar-refractivity contribution in [1.29, 1.82) is 0 Å². The molecule has 0 heterocycles. The molecule has 0 fully saturated rings. The van der Waals surface area contributed by atoms with Crippen LogP contribution in [0.25, 0.3) is 0 Å². The first-order chi connectivity index (χ1) is 8.61. The van der Waals surface area contributed by atoms with Gasteiger partial charge in [0, 0.05) is 15.6 Å². The van der Waals surface area contributed by atoms with E-state index in [0.29, 0.717) is 5.02 Å². The molecule has 0 aliphatic heterocycles. The quantitative estimate of drug-likeness (QED) is 0.668. The predicted molar refractivity (Wildman–Crippen MR) is 80.2 cm³/mol. The summed E-state index contributed by atoms with van der Waals surface area (Å²) in [5, 5.41) is 1.38. The van der Waals surface area contributed by atoms with Gasteiger partial charge < -0.3 is 4.74 Å². The first kappa shape index (κ1) is 13.7. The monoisotopic (exact) mass is 344 g/mol. The molecule has 0 saturated carbocycles. The molecule has 2 aromatic rings. The molecule has 0 bridgehead atoms. The van der Waals surface area contributed by atoms with Crippen LogP contribution in [0.4, 0.5) is 0 Å². The van der Waals surface area contributed by atoms with Crippen LogP contribution in [0.5, 0.6) is 5.75 Å². The fourth-order valence-electron chi connectivity index (χ4n) is 1.71. The second kappa shape index (κ2) is 5.96. The van der Waals surface area contributed by atoms with Crippen LogP contribution in [0.3, 0.4) is 0 Å². The number of hydrogen-bond acceptors (Lipinski definition) is 1. The Morgan fingerprint density at radius 3 is 2.22 bits per heavy atom. The molecule has 0 saturated heterocycles. The maximum absolute atomic E-state index is 5.95. The van der Waals surface area contributed by atoms with Gasteiger partial charge in [0.2, 0.25) is 0 Å². The van der Waals surface area contributed by atoms with E-state index >= 15 is 0 Å². The molecule has 1 atom stereocenters. The third kappa shape index (κ3) is 3.00. The normalized spacial score (nSPS) is 12.2. The maximum Gasteiger partial charge on any atom is 0.125 e. The van der Waals surface area contributed by atoms with E-state index in [1.165, 1.54) is 0 Å². The van der Waals surface area contributed by atoms with Gasteiger partial charge in [-0.05, 0) is 29.8 Å². The molecule has 0 N–H and O–H groups in total. The summed E-state index contributed by atoms with van der Waals surface area (Å²) in [7, 11) is 1.64. The Kier molecular flexibility index (Phi) is 4.55. The first-order valence-corrected chi connectivity index (χ1v) is 7.02. The van der Waals surface area contributed by atoms with Gasteiger partial charge in [-0.1, -0.05) is 57.3 Å². The molecule has 0 aromatic heterocycles. The summed E-state index contributed by atoms with van der Waals surface area (Å²) >= 11 is 15.5. The molecule has 1 unspecified atom stereocenters. The smallest absolute Gasteiger partial charge is 0.125 e. The highest BCUT2D eigenvalue weighted by Gasteiger charge is 2.15. The van der Waals surface area contributed by atoms with Gasteiger partial charge in [-0.25, -0.2) is 0 Å². The second-order valence-electron chi connectivity index (χ2n) is 3.80. The summed E-state index contributed by atoms with van der Waals surface area (Å²) < 4.78 is 5.35. The van der Waals surface area contributed by atoms with Crippen LogP contribution in [0.15, 0.2) is 42.5 Å². The Morgan fingerprint density at radius 2 is 1.61 bits per heavy atom. The molecule has 4 heteroatoms. The van der Waals surface area contributed by atoms with Crippen LogP contribution in [0, 0.1) is 0 Å². The number of rotatable bonds is 3. The molecular formula is C14H11BrCl2O. The topological polar surface area (TPSA) is 9.23 Å². The van der Waals surface area contributed by atoms with Crippen LogP contribution in [-0.4, -0.2) is 7.11 Å². The Morgan fingerprint density at radius 1 is 1.00 bits per heavy atom. The first-order valence-electron chi connectivity index (χ1n) is 5.35. The molecule has 0 radical (unpaired) electrons. The van der Waals surface area contributed by atoms with Crippen molar-refractivity contribution in [3.05, 3.63) is 63.6 Å². The van der Waals surface area contributed by atoms with Gasteiger partial charge >= 0.3 is 0 Å². The lowest BCUT2D eigenvalue weighted by Crippen LogP contribution is -1.96. The Balaban J connectivity index is 2.39. The van der Waals surface area contributed by atoms with Crippen molar-refractivity contribution < 1.29 is 4.74 Å². The number of ether oxygens (including phenoxy) is 1. The van der Waals surface area contributed by atoms with Gasteiger partial charge in [-0.2, -0.15) is 0 Å². The summed E-state index contributed by atoms with van der Waals surface area (Å²) in [6, 6.07) is 13.3. The average molecular weight is 346 g/mol. The summed E-state index contributed by atoms with van der Waals surface area (Å²) in [5.41, 5.74) is 2.14. The van der Waals surface area contributed by atoms with Crippen molar-refractivity contribution >= 4 is 39.1 Å².